The third kappa shape index (κ3) is 3.73. The molecule has 94 valence electrons. The van der Waals surface area contributed by atoms with Crippen LogP contribution in [0.15, 0.2) is 18.3 Å². The summed E-state index contributed by atoms with van der Waals surface area (Å²) in [7, 11) is 2.05. The number of thioether (sulfide) groups is 1. The van der Waals surface area contributed by atoms with Gasteiger partial charge in [0.15, 0.2) is 5.78 Å². The molecular formula is C13H20N2OS. The van der Waals surface area contributed by atoms with Gasteiger partial charge in [0, 0.05) is 25.3 Å². The molecule has 0 saturated heterocycles. The molecule has 0 saturated carbocycles. The average molecular weight is 252 g/mol. The van der Waals surface area contributed by atoms with Crippen molar-refractivity contribution in [2.24, 2.45) is 0 Å². The summed E-state index contributed by atoms with van der Waals surface area (Å²) in [5.41, 5.74) is 1.61. The maximum Gasteiger partial charge on any atom is 0.180 e. The lowest BCUT2D eigenvalue weighted by molar-refractivity contribution is 0.0983. The fraction of sp³-hybridized carbons (Fsp3) is 0.538. The molecule has 0 N–H and O–H groups in total. The van der Waals surface area contributed by atoms with Crippen molar-refractivity contribution < 1.29 is 4.79 Å². The first-order valence-corrected chi connectivity index (χ1v) is 7.20. The normalized spacial score (nSPS) is 12.2. The van der Waals surface area contributed by atoms with Gasteiger partial charge in [-0.3, -0.25) is 9.78 Å². The Morgan fingerprint density at radius 2 is 2.24 bits per heavy atom. The number of Topliss-reactive ketones (excluding diaryl/α,β-unsaturated/α-hetero) is 1. The van der Waals surface area contributed by atoms with Crippen LogP contribution in [0.5, 0.6) is 0 Å². The van der Waals surface area contributed by atoms with Crippen molar-refractivity contribution in [2.75, 3.05) is 24.0 Å². The molecule has 3 nitrogen and oxygen atoms in total. The first-order chi connectivity index (χ1) is 8.10. The van der Waals surface area contributed by atoms with Crippen LogP contribution in [0.3, 0.4) is 0 Å². The maximum absolute atomic E-state index is 11.5. The van der Waals surface area contributed by atoms with Gasteiger partial charge in [0.2, 0.25) is 0 Å². The van der Waals surface area contributed by atoms with Gasteiger partial charge in [-0.2, -0.15) is 11.8 Å². The monoisotopic (exact) mass is 252 g/mol. The number of hydrogen-bond acceptors (Lipinski definition) is 4. The van der Waals surface area contributed by atoms with Crippen molar-refractivity contribution in [3.8, 4) is 0 Å². The summed E-state index contributed by atoms with van der Waals surface area (Å²) in [5, 5.41) is 0. The second-order valence-corrected chi connectivity index (χ2v) is 5.00. The molecule has 1 atom stereocenters. The number of anilines is 1. The SMILES string of the molecule is CCC(=O)c1ccc(N(C)C(C)CSC)cn1. The van der Waals surface area contributed by atoms with Gasteiger partial charge in [-0.25, -0.2) is 0 Å². The second-order valence-electron chi connectivity index (χ2n) is 4.09. The summed E-state index contributed by atoms with van der Waals surface area (Å²) in [6.07, 6.45) is 4.39. The number of carbonyl (C=O) groups excluding carboxylic acids is 1. The molecule has 0 aliphatic heterocycles. The van der Waals surface area contributed by atoms with Crippen molar-refractivity contribution in [3.63, 3.8) is 0 Å². The van der Waals surface area contributed by atoms with Gasteiger partial charge in [-0.05, 0) is 25.3 Å². The standard InChI is InChI=1S/C13H20N2OS/c1-5-13(16)12-7-6-11(8-14-12)15(3)10(2)9-17-4/h6-8,10H,5,9H2,1-4H3. The van der Waals surface area contributed by atoms with E-state index in [0.29, 0.717) is 18.2 Å². The Balaban J connectivity index is 2.76. The minimum Gasteiger partial charge on any atom is -0.370 e. The predicted molar refractivity (Wildman–Crippen MR) is 75.1 cm³/mol. The highest BCUT2D eigenvalue weighted by Crippen LogP contribution is 2.16. The van der Waals surface area contributed by atoms with E-state index in [2.05, 4.69) is 30.1 Å². The fourth-order valence-electron chi connectivity index (χ4n) is 1.55. The largest absolute Gasteiger partial charge is 0.370 e. The van der Waals surface area contributed by atoms with E-state index in [1.807, 2.05) is 30.8 Å². The number of rotatable bonds is 6. The van der Waals surface area contributed by atoms with Crippen LogP contribution in [-0.2, 0) is 0 Å². The summed E-state index contributed by atoms with van der Waals surface area (Å²) >= 11 is 1.83. The molecule has 1 aromatic rings. The molecule has 1 rings (SSSR count). The lowest BCUT2D eigenvalue weighted by atomic mass is 10.2. The molecule has 0 amide bonds. The van der Waals surface area contributed by atoms with E-state index in [4.69, 9.17) is 0 Å². The first-order valence-electron chi connectivity index (χ1n) is 5.81. The summed E-state index contributed by atoms with van der Waals surface area (Å²) in [5.74, 6) is 1.17. The molecule has 1 aromatic heterocycles. The van der Waals surface area contributed by atoms with E-state index in [9.17, 15) is 4.79 Å². The van der Waals surface area contributed by atoms with Gasteiger partial charge in [0.05, 0.1) is 11.9 Å². The Labute approximate surface area is 108 Å². The lowest BCUT2D eigenvalue weighted by Gasteiger charge is -2.26. The zero-order valence-corrected chi connectivity index (χ0v) is 11.8. The zero-order valence-electron chi connectivity index (χ0n) is 10.9. The topological polar surface area (TPSA) is 33.2 Å². The highest BCUT2D eigenvalue weighted by molar-refractivity contribution is 7.98. The fourth-order valence-corrected chi connectivity index (χ4v) is 2.25. The van der Waals surface area contributed by atoms with Crippen LogP contribution in [0.4, 0.5) is 5.69 Å². The smallest absolute Gasteiger partial charge is 0.180 e. The van der Waals surface area contributed by atoms with Crippen LogP contribution in [-0.4, -0.2) is 35.9 Å². The van der Waals surface area contributed by atoms with Crippen molar-refractivity contribution in [1.29, 1.82) is 0 Å². The number of carbonyl (C=O) groups is 1. The molecule has 1 unspecified atom stereocenters. The van der Waals surface area contributed by atoms with Gasteiger partial charge in [-0.15, -0.1) is 0 Å². The van der Waals surface area contributed by atoms with Gasteiger partial charge in [-0.1, -0.05) is 6.92 Å². The molecule has 0 spiro atoms. The molecule has 4 heteroatoms. The Morgan fingerprint density at radius 1 is 1.53 bits per heavy atom. The number of pyridine rings is 1. The maximum atomic E-state index is 11.5. The molecular weight excluding hydrogens is 232 g/mol. The first kappa shape index (κ1) is 14.0. The average Bonchev–Trinajstić information content (AvgIpc) is 2.37. The van der Waals surface area contributed by atoms with E-state index in [-0.39, 0.29) is 5.78 Å². The summed E-state index contributed by atoms with van der Waals surface area (Å²) in [6.45, 7) is 4.03. The van der Waals surface area contributed by atoms with Gasteiger partial charge in [0.1, 0.15) is 5.69 Å². The molecule has 0 bridgehead atoms. The van der Waals surface area contributed by atoms with Crippen LogP contribution >= 0.6 is 11.8 Å². The minimum atomic E-state index is 0.0939. The summed E-state index contributed by atoms with van der Waals surface area (Å²) in [4.78, 5) is 17.9. The van der Waals surface area contributed by atoms with E-state index >= 15 is 0 Å². The van der Waals surface area contributed by atoms with E-state index in [0.717, 1.165) is 11.4 Å². The van der Waals surface area contributed by atoms with E-state index in [1.165, 1.54) is 0 Å². The summed E-state index contributed by atoms with van der Waals surface area (Å²) in [6, 6.07) is 4.23. The van der Waals surface area contributed by atoms with Crippen LogP contribution in [0.25, 0.3) is 0 Å². The Hall–Kier alpha value is -1.03. The van der Waals surface area contributed by atoms with Crippen molar-refractivity contribution in [3.05, 3.63) is 24.0 Å². The molecule has 0 radical (unpaired) electrons. The van der Waals surface area contributed by atoms with Crippen LogP contribution in [0.1, 0.15) is 30.8 Å². The third-order valence-corrected chi connectivity index (χ3v) is 3.65. The van der Waals surface area contributed by atoms with Crippen LogP contribution < -0.4 is 4.90 Å². The minimum absolute atomic E-state index is 0.0939. The molecule has 0 aliphatic carbocycles. The molecule has 17 heavy (non-hydrogen) atoms. The van der Waals surface area contributed by atoms with Gasteiger partial charge >= 0.3 is 0 Å². The van der Waals surface area contributed by atoms with E-state index < -0.39 is 0 Å². The van der Waals surface area contributed by atoms with Gasteiger partial charge < -0.3 is 4.90 Å². The highest BCUT2D eigenvalue weighted by atomic mass is 32.2. The Bertz CT molecular complexity index is 364. The Kier molecular flexibility index (Phi) is 5.48. The number of nitrogens with zero attached hydrogens (tertiary/aromatic N) is 2. The Morgan fingerprint density at radius 3 is 2.71 bits per heavy atom. The van der Waals surface area contributed by atoms with Gasteiger partial charge in [0.25, 0.3) is 0 Å². The lowest BCUT2D eigenvalue weighted by Crippen LogP contribution is -2.30. The quantitative estimate of drug-likeness (QED) is 0.729. The highest BCUT2D eigenvalue weighted by Gasteiger charge is 2.11. The number of hydrogen-bond donors (Lipinski definition) is 0. The van der Waals surface area contributed by atoms with Crippen LogP contribution in [0.2, 0.25) is 0 Å². The molecule has 0 aromatic carbocycles. The summed E-state index contributed by atoms with van der Waals surface area (Å²) < 4.78 is 0. The van der Waals surface area contributed by atoms with Crippen molar-refractivity contribution >= 4 is 23.2 Å². The molecule has 1 heterocycles. The molecule has 0 aliphatic rings. The van der Waals surface area contributed by atoms with E-state index in [1.54, 1.807) is 6.20 Å². The van der Waals surface area contributed by atoms with Crippen molar-refractivity contribution in [1.82, 2.24) is 4.98 Å². The third-order valence-electron chi connectivity index (χ3n) is 2.83. The zero-order chi connectivity index (χ0) is 12.8. The number of aromatic nitrogens is 1. The number of ketones is 1. The van der Waals surface area contributed by atoms with Crippen LogP contribution in [0, 0.1) is 0 Å². The predicted octanol–water partition coefficient (Wildman–Crippen LogP) is 2.86. The molecule has 0 fully saturated rings. The van der Waals surface area contributed by atoms with Crippen molar-refractivity contribution in [2.45, 2.75) is 26.3 Å². The second kappa shape index (κ2) is 6.64.